The molecule has 9 heteroatoms. The molecule has 29 heavy (non-hydrogen) atoms. The molecule has 152 valence electrons. The molecule has 1 heterocycles. The van der Waals surface area contributed by atoms with Crippen LogP contribution >= 0.6 is 46.4 Å². The predicted molar refractivity (Wildman–Crippen MR) is 115 cm³/mol. The van der Waals surface area contributed by atoms with E-state index >= 15 is 0 Å². The lowest BCUT2D eigenvalue weighted by molar-refractivity contribution is -0.131. The van der Waals surface area contributed by atoms with Crippen molar-refractivity contribution >= 4 is 69.8 Å². The first-order valence-electron chi connectivity index (χ1n) is 8.81. The molecule has 1 saturated heterocycles. The van der Waals surface area contributed by atoms with Gasteiger partial charge in [0.25, 0.3) is 0 Å². The van der Waals surface area contributed by atoms with Gasteiger partial charge in [0.1, 0.15) is 6.04 Å². The second kappa shape index (κ2) is 9.35. The van der Waals surface area contributed by atoms with Crippen LogP contribution < -0.4 is 5.32 Å². The molecule has 0 aliphatic carbocycles. The molecule has 3 rings (SSSR count). The highest BCUT2D eigenvalue weighted by Crippen LogP contribution is 2.28. The zero-order chi connectivity index (χ0) is 21.1. The number of halogens is 4. The minimum Gasteiger partial charge on any atom is -0.306 e. The second-order valence-corrected chi connectivity index (χ2v) is 8.26. The number of hydrogen-bond acceptors (Lipinski definition) is 3. The van der Waals surface area contributed by atoms with Crippen LogP contribution in [0, 0.1) is 0 Å². The Morgan fingerprint density at radius 3 is 2.31 bits per heavy atom. The minimum atomic E-state index is -0.820. The Balaban J connectivity index is 1.68. The molecule has 1 N–H and O–H groups in total. The average molecular weight is 474 g/mol. The number of likely N-dealkylation sites (tertiary alicyclic amines) is 1. The summed E-state index contributed by atoms with van der Waals surface area (Å²) in [7, 11) is 0. The summed E-state index contributed by atoms with van der Waals surface area (Å²) in [5, 5.41) is 4.20. The van der Waals surface area contributed by atoms with Gasteiger partial charge in [-0.15, -0.1) is 0 Å². The van der Waals surface area contributed by atoms with E-state index in [9.17, 15) is 14.4 Å². The van der Waals surface area contributed by atoms with Crippen LogP contribution in [0.4, 0.5) is 10.5 Å². The van der Waals surface area contributed by atoms with E-state index in [1.165, 1.54) is 12.1 Å². The van der Waals surface area contributed by atoms with Crippen LogP contribution in [0.3, 0.4) is 0 Å². The summed E-state index contributed by atoms with van der Waals surface area (Å²) in [4.78, 5) is 38.6. The molecule has 3 amide bonds. The first-order valence-corrected chi connectivity index (χ1v) is 10.3. The molecule has 0 aromatic heterocycles. The van der Waals surface area contributed by atoms with Crippen molar-refractivity contribution in [3.63, 3.8) is 0 Å². The van der Waals surface area contributed by atoms with Crippen molar-refractivity contribution in [2.75, 3.05) is 5.32 Å². The molecule has 0 radical (unpaired) electrons. The van der Waals surface area contributed by atoms with Gasteiger partial charge < -0.3 is 5.32 Å². The summed E-state index contributed by atoms with van der Waals surface area (Å²) >= 11 is 23.9. The number of Topliss-reactive ketones (excluding diaryl/α,β-unsaturated/α-hetero) is 1. The Bertz CT molecular complexity index is 980. The first kappa shape index (κ1) is 21.9. The molecule has 1 aliphatic heterocycles. The van der Waals surface area contributed by atoms with Crippen LogP contribution in [-0.2, 0) is 16.0 Å². The molecule has 0 unspecified atom stereocenters. The third kappa shape index (κ3) is 5.23. The van der Waals surface area contributed by atoms with Crippen molar-refractivity contribution in [1.29, 1.82) is 0 Å². The molecule has 1 fully saturated rings. The smallest absolute Gasteiger partial charge is 0.306 e. The van der Waals surface area contributed by atoms with E-state index in [1.54, 1.807) is 24.3 Å². The Kier molecular flexibility index (Phi) is 7.06. The van der Waals surface area contributed by atoms with Crippen molar-refractivity contribution in [3.05, 3.63) is 62.1 Å². The molecule has 0 bridgehead atoms. The normalized spacial score (nSPS) is 16.2. The Labute approximate surface area is 187 Å². The number of carbonyl (C=O) groups excluding carboxylic acids is 3. The number of ketones is 1. The van der Waals surface area contributed by atoms with Gasteiger partial charge in [-0.25, -0.2) is 4.79 Å². The standard InChI is InChI=1S/C20H16Cl4N2O3/c21-12-3-1-11(14(23)9-12)2-7-18(27)17-6-8-19(28)26(17)20(29)25-16-5-4-13(22)10-15(16)24/h1,3-5,9-10,17H,2,6-8H2,(H,25,29)/t17-/m0/s1. The quantitative estimate of drug-likeness (QED) is 0.576. The summed E-state index contributed by atoms with van der Waals surface area (Å²) in [6.07, 6.45) is 0.941. The second-order valence-electron chi connectivity index (χ2n) is 6.57. The van der Waals surface area contributed by atoms with Crippen molar-refractivity contribution in [3.8, 4) is 0 Å². The van der Waals surface area contributed by atoms with E-state index in [-0.39, 0.29) is 30.1 Å². The number of urea groups is 1. The average Bonchev–Trinajstić information content (AvgIpc) is 3.05. The summed E-state index contributed by atoms with van der Waals surface area (Å²) < 4.78 is 0. The van der Waals surface area contributed by atoms with Gasteiger partial charge in [-0.2, -0.15) is 0 Å². The number of hydrogen-bond donors (Lipinski definition) is 1. The number of benzene rings is 2. The van der Waals surface area contributed by atoms with Crippen LogP contribution in [0.15, 0.2) is 36.4 Å². The maximum absolute atomic E-state index is 12.7. The lowest BCUT2D eigenvalue weighted by atomic mass is 10.0. The lowest BCUT2D eigenvalue weighted by Gasteiger charge is -2.22. The molecule has 1 atom stereocenters. The number of amides is 3. The summed E-state index contributed by atoms with van der Waals surface area (Å²) in [6, 6.07) is 8.11. The number of anilines is 1. The molecule has 0 spiro atoms. The summed E-state index contributed by atoms with van der Waals surface area (Å²) in [6.45, 7) is 0. The Morgan fingerprint density at radius 2 is 1.66 bits per heavy atom. The predicted octanol–water partition coefficient (Wildman–Crippen LogP) is 6.03. The van der Waals surface area contributed by atoms with E-state index in [1.807, 2.05) is 0 Å². The highest BCUT2D eigenvalue weighted by molar-refractivity contribution is 6.37. The molecule has 2 aromatic carbocycles. The Hall–Kier alpha value is -1.79. The minimum absolute atomic E-state index is 0.125. The monoisotopic (exact) mass is 472 g/mol. The molecule has 2 aromatic rings. The zero-order valence-electron chi connectivity index (χ0n) is 15.1. The fourth-order valence-corrected chi connectivity index (χ4v) is 4.12. The number of aryl methyl sites for hydroxylation is 1. The van der Waals surface area contributed by atoms with Gasteiger partial charge in [0.15, 0.2) is 5.78 Å². The molecule has 1 aliphatic rings. The molecule has 0 saturated carbocycles. The number of nitrogens with one attached hydrogen (secondary N) is 1. The van der Waals surface area contributed by atoms with Gasteiger partial charge in [0.2, 0.25) is 5.91 Å². The van der Waals surface area contributed by atoms with Crippen LogP contribution in [0.25, 0.3) is 0 Å². The number of nitrogens with zero attached hydrogens (tertiary/aromatic N) is 1. The molecular formula is C20H16Cl4N2O3. The third-order valence-electron chi connectivity index (χ3n) is 4.63. The zero-order valence-corrected chi connectivity index (χ0v) is 18.1. The van der Waals surface area contributed by atoms with Crippen molar-refractivity contribution in [2.24, 2.45) is 0 Å². The number of carbonyl (C=O) groups is 3. The van der Waals surface area contributed by atoms with E-state index in [0.29, 0.717) is 27.2 Å². The lowest BCUT2D eigenvalue weighted by Crippen LogP contribution is -2.45. The van der Waals surface area contributed by atoms with Crippen LogP contribution in [0.5, 0.6) is 0 Å². The van der Waals surface area contributed by atoms with E-state index in [4.69, 9.17) is 46.4 Å². The highest BCUT2D eigenvalue weighted by Gasteiger charge is 2.39. The maximum Gasteiger partial charge on any atom is 0.329 e. The topological polar surface area (TPSA) is 66.5 Å². The fraction of sp³-hybridized carbons (Fsp3) is 0.250. The van der Waals surface area contributed by atoms with E-state index in [2.05, 4.69) is 5.32 Å². The number of imide groups is 1. The first-order chi connectivity index (χ1) is 13.8. The van der Waals surface area contributed by atoms with Crippen molar-refractivity contribution in [1.82, 2.24) is 4.90 Å². The number of rotatable bonds is 5. The van der Waals surface area contributed by atoms with E-state index < -0.39 is 18.0 Å². The molecule has 5 nitrogen and oxygen atoms in total. The van der Waals surface area contributed by atoms with Crippen LogP contribution in [-0.4, -0.2) is 28.7 Å². The SMILES string of the molecule is O=C(CCc1ccc(Cl)cc1Cl)[C@@H]1CCC(=O)N1C(=O)Nc1ccc(Cl)cc1Cl. The summed E-state index contributed by atoms with van der Waals surface area (Å²) in [5.74, 6) is -0.616. The van der Waals surface area contributed by atoms with Gasteiger partial charge >= 0.3 is 6.03 Å². The highest BCUT2D eigenvalue weighted by atomic mass is 35.5. The van der Waals surface area contributed by atoms with E-state index in [0.717, 1.165) is 10.5 Å². The van der Waals surface area contributed by atoms with Crippen LogP contribution in [0.1, 0.15) is 24.8 Å². The third-order valence-corrected chi connectivity index (χ3v) is 5.77. The van der Waals surface area contributed by atoms with Gasteiger partial charge in [-0.05, 0) is 48.7 Å². The van der Waals surface area contributed by atoms with Gasteiger partial charge in [0, 0.05) is 27.9 Å². The van der Waals surface area contributed by atoms with Gasteiger partial charge in [-0.1, -0.05) is 52.5 Å². The van der Waals surface area contributed by atoms with Crippen molar-refractivity contribution < 1.29 is 14.4 Å². The Morgan fingerprint density at radius 1 is 1.00 bits per heavy atom. The summed E-state index contributed by atoms with van der Waals surface area (Å²) in [5.41, 5.74) is 1.08. The maximum atomic E-state index is 12.7. The van der Waals surface area contributed by atoms with Crippen molar-refractivity contribution in [2.45, 2.75) is 31.7 Å². The van der Waals surface area contributed by atoms with Gasteiger partial charge in [-0.3, -0.25) is 14.5 Å². The fourth-order valence-electron chi connectivity index (χ4n) is 3.16. The van der Waals surface area contributed by atoms with Crippen LogP contribution in [0.2, 0.25) is 20.1 Å². The largest absolute Gasteiger partial charge is 0.329 e. The van der Waals surface area contributed by atoms with Gasteiger partial charge in [0.05, 0.1) is 10.7 Å². The molecular weight excluding hydrogens is 458 g/mol.